The monoisotopic (exact) mass is 254 g/mol. The summed E-state index contributed by atoms with van der Waals surface area (Å²) in [7, 11) is 1.78. The summed E-state index contributed by atoms with van der Waals surface area (Å²) < 4.78 is 0. The molecule has 0 atom stereocenters. The normalized spacial score (nSPS) is 15.5. The van der Waals surface area contributed by atoms with Crippen LogP contribution in [0.3, 0.4) is 0 Å². The van der Waals surface area contributed by atoms with E-state index in [0.717, 1.165) is 18.0 Å². The van der Waals surface area contributed by atoms with Crippen molar-refractivity contribution in [1.29, 1.82) is 0 Å². The van der Waals surface area contributed by atoms with E-state index in [1.165, 1.54) is 11.3 Å². The molecule has 1 aromatic heterocycles. The number of urea groups is 1. The fourth-order valence-electron chi connectivity index (χ4n) is 1.69. The highest BCUT2D eigenvalue weighted by molar-refractivity contribution is 7.14. The second kappa shape index (κ2) is 4.72. The van der Waals surface area contributed by atoms with Crippen molar-refractivity contribution < 1.29 is 9.59 Å². The van der Waals surface area contributed by atoms with Gasteiger partial charge in [0.05, 0.1) is 11.4 Å². The Kier molecular flexibility index (Phi) is 3.30. The summed E-state index contributed by atoms with van der Waals surface area (Å²) in [5.41, 5.74) is 2.09. The van der Waals surface area contributed by atoms with Crippen molar-refractivity contribution in [3.8, 4) is 0 Å². The zero-order valence-corrected chi connectivity index (χ0v) is 10.3. The van der Waals surface area contributed by atoms with Crippen LogP contribution in [0.5, 0.6) is 0 Å². The molecule has 92 valence electrons. The SMILES string of the molecule is CN1CCN(Cc2ccc(C(=O)NN)s2)C1=O. The van der Waals surface area contributed by atoms with E-state index < -0.39 is 0 Å². The molecular weight excluding hydrogens is 240 g/mol. The van der Waals surface area contributed by atoms with Gasteiger partial charge in [-0.25, -0.2) is 10.6 Å². The van der Waals surface area contributed by atoms with E-state index in [0.29, 0.717) is 11.4 Å². The highest BCUT2D eigenvalue weighted by Gasteiger charge is 2.25. The van der Waals surface area contributed by atoms with Gasteiger partial charge in [-0.1, -0.05) is 0 Å². The Bertz CT molecular complexity index is 445. The second-order valence-corrected chi connectivity index (χ2v) is 5.03. The summed E-state index contributed by atoms with van der Waals surface area (Å²) in [6.07, 6.45) is 0. The minimum Gasteiger partial charge on any atom is -0.326 e. The van der Waals surface area contributed by atoms with Crippen LogP contribution in [0.1, 0.15) is 14.5 Å². The Labute approximate surface area is 103 Å². The number of nitrogen functional groups attached to an aromatic ring is 1. The molecule has 7 heteroatoms. The van der Waals surface area contributed by atoms with Gasteiger partial charge in [0.15, 0.2) is 0 Å². The number of rotatable bonds is 3. The summed E-state index contributed by atoms with van der Waals surface area (Å²) in [6.45, 7) is 2.03. The molecule has 1 aromatic rings. The maximum absolute atomic E-state index is 11.7. The molecule has 3 N–H and O–H groups in total. The largest absolute Gasteiger partial charge is 0.326 e. The minimum absolute atomic E-state index is 0.0308. The fraction of sp³-hybridized carbons (Fsp3) is 0.400. The molecule has 0 aromatic carbocycles. The molecule has 1 fully saturated rings. The maximum atomic E-state index is 11.7. The van der Waals surface area contributed by atoms with E-state index in [1.807, 2.05) is 6.07 Å². The molecule has 17 heavy (non-hydrogen) atoms. The van der Waals surface area contributed by atoms with Crippen LogP contribution in [0.25, 0.3) is 0 Å². The van der Waals surface area contributed by atoms with Crippen molar-refractivity contribution in [3.63, 3.8) is 0 Å². The molecule has 3 amide bonds. The number of amides is 3. The van der Waals surface area contributed by atoms with Crippen molar-refractivity contribution in [2.24, 2.45) is 5.84 Å². The lowest BCUT2D eigenvalue weighted by Crippen LogP contribution is -2.29. The van der Waals surface area contributed by atoms with Crippen molar-refractivity contribution in [2.75, 3.05) is 20.1 Å². The van der Waals surface area contributed by atoms with Crippen LogP contribution in [0, 0.1) is 0 Å². The molecule has 2 heterocycles. The van der Waals surface area contributed by atoms with Gasteiger partial charge in [0.25, 0.3) is 5.91 Å². The Balaban J connectivity index is 2.02. The van der Waals surface area contributed by atoms with Crippen LogP contribution in [-0.2, 0) is 6.54 Å². The van der Waals surface area contributed by atoms with Crippen LogP contribution in [0.2, 0.25) is 0 Å². The van der Waals surface area contributed by atoms with Gasteiger partial charge in [0.2, 0.25) is 0 Å². The van der Waals surface area contributed by atoms with E-state index in [-0.39, 0.29) is 11.9 Å². The van der Waals surface area contributed by atoms with Crippen LogP contribution >= 0.6 is 11.3 Å². The van der Waals surface area contributed by atoms with Gasteiger partial charge in [-0.15, -0.1) is 11.3 Å². The number of hydrogen-bond acceptors (Lipinski definition) is 4. The highest BCUT2D eigenvalue weighted by Crippen LogP contribution is 2.20. The molecule has 1 saturated heterocycles. The number of carbonyl (C=O) groups excluding carboxylic acids is 2. The van der Waals surface area contributed by atoms with Gasteiger partial charge in [0.1, 0.15) is 0 Å². The first kappa shape index (κ1) is 11.9. The summed E-state index contributed by atoms with van der Waals surface area (Å²) in [5, 5.41) is 0. The Morgan fingerprint density at radius 2 is 2.29 bits per heavy atom. The smallest absolute Gasteiger partial charge is 0.320 e. The quantitative estimate of drug-likeness (QED) is 0.460. The first-order valence-corrected chi connectivity index (χ1v) is 6.03. The van der Waals surface area contributed by atoms with Crippen molar-refractivity contribution in [1.82, 2.24) is 15.2 Å². The lowest BCUT2D eigenvalue weighted by molar-refractivity contribution is 0.0957. The molecule has 0 spiro atoms. The number of carbonyl (C=O) groups is 2. The number of nitrogens with two attached hydrogens (primary N) is 1. The van der Waals surface area contributed by atoms with Crippen LogP contribution in [-0.4, -0.2) is 41.9 Å². The topological polar surface area (TPSA) is 78.7 Å². The number of hydrogen-bond donors (Lipinski definition) is 2. The average molecular weight is 254 g/mol. The predicted molar refractivity (Wildman–Crippen MR) is 64.4 cm³/mol. The first-order chi connectivity index (χ1) is 8.11. The van der Waals surface area contributed by atoms with Crippen LogP contribution in [0.15, 0.2) is 12.1 Å². The second-order valence-electron chi connectivity index (χ2n) is 3.87. The number of nitrogens with zero attached hydrogens (tertiary/aromatic N) is 2. The van der Waals surface area contributed by atoms with Gasteiger partial charge < -0.3 is 9.80 Å². The fourth-order valence-corrected chi connectivity index (χ4v) is 2.62. The lowest BCUT2D eigenvalue weighted by Gasteiger charge is -2.14. The zero-order valence-electron chi connectivity index (χ0n) is 9.47. The summed E-state index contributed by atoms with van der Waals surface area (Å²) >= 11 is 1.35. The maximum Gasteiger partial charge on any atom is 0.320 e. The number of thiophene rings is 1. The van der Waals surface area contributed by atoms with Crippen molar-refractivity contribution in [3.05, 3.63) is 21.9 Å². The summed E-state index contributed by atoms with van der Waals surface area (Å²) in [6, 6.07) is 3.59. The van der Waals surface area contributed by atoms with Crippen LogP contribution in [0.4, 0.5) is 4.79 Å². The zero-order chi connectivity index (χ0) is 12.4. The predicted octanol–water partition coefficient (Wildman–Crippen LogP) is 0.219. The molecule has 0 unspecified atom stereocenters. The van der Waals surface area contributed by atoms with Crippen molar-refractivity contribution in [2.45, 2.75) is 6.54 Å². The van der Waals surface area contributed by atoms with Gasteiger partial charge in [-0.05, 0) is 12.1 Å². The molecule has 1 aliphatic rings. The standard InChI is InChI=1S/C10H14N4O2S/c1-13-4-5-14(10(13)16)6-7-2-3-8(17-7)9(15)12-11/h2-3H,4-6,11H2,1H3,(H,12,15). The van der Waals surface area contributed by atoms with E-state index in [4.69, 9.17) is 5.84 Å². The average Bonchev–Trinajstić information content (AvgIpc) is 2.91. The molecule has 0 radical (unpaired) electrons. The molecular formula is C10H14N4O2S. The molecule has 6 nitrogen and oxygen atoms in total. The molecule has 0 bridgehead atoms. The van der Waals surface area contributed by atoms with Crippen LogP contribution < -0.4 is 11.3 Å². The number of nitrogens with one attached hydrogen (secondary N) is 1. The summed E-state index contributed by atoms with van der Waals surface area (Å²) in [5.74, 6) is 4.75. The number of hydrazine groups is 1. The third-order valence-electron chi connectivity index (χ3n) is 2.67. The third-order valence-corrected chi connectivity index (χ3v) is 3.73. The summed E-state index contributed by atoms with van der Waals surface area (Å²) in [4.78, 5) is 27.9. The van der Waals surface area contributed by atoms with Gasteiger partial charge in [-0.2, -0.15) is 0 Å². The molecule has 1 aliphatic heterocycles. The number of likely N-dealkylation sites (N-methyl/N-ethyl adjacent to an activating group) is 1. The third kappa shape index (κ3) is 2.40. The van der Waals surface area contributed by atoms with Gasteiger partial charge in [-0.3, -0.25) is 10.2 Å². The van der Waals surface area contributed by atoms with E-state index in [2.05, 4.69) is 5.43 Å². The first-order valence-electron chi connectivity index (χ1n) is 5.21. The molecule has 2 rings (SSSR count). The Morgan fingerprint density at radius 3 is 2.88 bits per heavy atom. The minimum atomic E-state index is -0.300. The molecule has 0 saturated carbocycles. The lowest BCUT2D eigenvalue weighted by atomic mass is 10.4. The van der Waals surface area contributed by atoms with E-state index in [1.54, 1.807) is 22.9 Å². The highest BCUT2D eigenvalue weighted by atomic mass is 32.1. The Morgan fingerprint density at radius 1 is 1.53 bits per heavy atom. The van der Waals surface area contributed by atoms with E-state index in [9.17, 15) is 9.59 Å². The van der Waals surface area contributed by atoms with Gasteiger partial charge in [0, 0.05) is 25.0 Å². The Hall–Kier alpha value is -1.60. The van der Waals surface area contributed by atoms with Gasteiger partial charge >= 0.3 is 6.03 Å². The van der Waals surface area contributed by atoms with Crippen molar-refractivity contribution >= 4 is 23.3 Å². The molecule has 0 aliphatic carbocycles. The van der Waals surface area contributed by atoms with E-state index >= 15 is 0 Å².